The highest BCUT2D eigenvalue weighted by Crippen LogP contribution is 2.30. The van der Waals surface area contributed by atoms with Crippen LogP contribution < -0.4 is 5.32 Å². The molecule has 2 aromatic rings. The van der Waals surface area contributed by atoms with Gasteiger partial charge in [-0.3, -0.25) is 14.9 Å². The predicted octanol–water partition coefficient (Wildman–Crippen LogP) is 4.16. The van der Waals surface area contributed by atoms with Crippen molar-refractivity contribution in [2.75, 3.05) is 17.7 Å². The summed E-state index contributed by atoms with van der Waals surface area (Å²) < 4.78 is 0.982. The van der Waals surface area contributed by atoms with Crippen LogP contribution in [0.4, 0.5) is 5.13 Å². The number of benzene rings is 1. The van der Waals surface area contributed by atoms with Crippen LogP contribution in [0.2, 0.25) is 0 Å². The average Bonchev–Trinajstić information content (AvgIpc) is 3.31. The van der Waals surface area contributed by atoms with Crippen molar-refractivity contribution in [2.24, 2.45) is 5.41 Å². The van der Waals surface area contributed by atoms with E-state index in [9.17, 15) is 9.59 Å². The minimum Gasteiger partial charge on any atom is -0.330 e. The fourth-order valence-corrected chi connectivity index (χ4v) is 4.03. The molecule has 1 N–H and O–H groups in total. The van der Waals surface area contributed by atoms with Crippen molar-refractivity contribution < 1.29 is 9.59 Å². The largest absolute Gasteiger partial charge is 0.330 e. The van der Waals surface area contributed by atoms with E-state index < -0.39 is 11.5 Å². The molecule has 1 fully saturated rings. The number of hydrogen-bond donors (Lipinski definition) is 1. The highest BCUT2D eigenvalue weighted by Gasteiger charge is 2.40. The summed E-state index contributed by atoms with van der Waals surface area (Å²) in [7, 11) is 0. The molecule has 27 heavy (non-hydrogen) atoms. The van der Waals surface area contributed by atoms with Crippen molar-refractivity contribution in [3.8, 4) is 10.6 Å². The van der Waals surface area contributed by atoms with Gasteiger partial charge in [0.2, 0.25) is 16.9 Å². The minimum absolute atomic E-state index is 0.0945. The Morgan fingerprint density at radius 1 is 1.33 bits per heavy atom. The van der Waals surface area contributed by atoms with E-state index >= 15 is 0 Å². The van der Waals surface area contributed by atoms with E-state index in [-0.39, 0.29) is 17.7 Å². The molecule has 1 aromatic carbocycles. The van der Waals surface area contributed by atoms with Crippen LogP contribution in [0.1, 0.15) is 26.7 Å². The van der Waals surface area contributed by atoms with Crippen LogP contribution in [0, 0.1) is 5.41 Å². The molecule has 3 rings (SSSR count). The molecule has 1 atom stereocenters. The molecule has 0 spiro atoms. The summed E-state index contributed by atoms with van der Waals surface area (Å²) in [5, 5.41) is 12.2. The summed E-state index contributed by atoms with van der Waals surface area (Å²) in [6.45, 7) is 4.16. The van der Waals surface area contributed by atoms with E-state index in [1.165, 1.54) is 11.3 Å². The maximum atomic E-state index is 12.7. The Balaban J connectivity index is 1.70. The first-order chi connectivity index (χ1) is 12.8. The Hall–Kier alpha value is -1.51. The molecule has 1 unspecified atom stereocenters. The molecule has 144 valence electrons. The number of hydrogen-bond acceptors (Lipinski definition) is 5. The minimum atomic E-state index is -0.693. The lowest BCUT2D eigenvalue weighted by Gasteiger charge is -2.31. The number of carbonyl (C=O) groups is 2. The molecule has 6 nitrogen and oxygen atoms in total. The summed E-state index contributed by atoms with van der Waals surface area (Å²) in [5.41, 5.74) is 0.236. The van der Waals surface area contributed by atoms with Gasteiger partial charge in [0.1, 0.15) is 11.0 Å². The molecule has 1 aromatic heterocycles. The summed E-state index contributed by atoms with van der Waals surface area (Å²) in [6.07, 6.45) is 1.43. The number of carbonyl (C=O) groups excluding carboxylic acids is 2. The highest BCUT2D eigenvalue weighted by molar-refractivity contribution is 9.10. The number of likely N-dealkylation sites (tertiary alicyclic amines) is 1. The third-order valence-electron chi connectivity index (χ3n) is 4.48. The first kappa shape index (κ1) is 20.2. The fraction of sp³-hybridized carbons (Fsp3) is 0.444. The second-order valence-corrected chi connectivity index (χ2v) is 9.24. The Morgan fingerprint density at radius 2 is 2.04 bits per heavy atom. The van der Waals surface area contributed by atoms with Gasteiger partial charge in [-0.2, -0.15) is 0 Å². The van der Waals surface area contributed by atoms with Crippen molar-refractivity contribution in [3.63, 3.8) is 0 Å². The second-order valence-electron chi connectivity index (χ2n) is 7.08. The standard InChI is InChI=1S/C18H20BrClN4O2S/c1-18(2,10-20)16(26)24-9-3-4-13(24)14(25)21-17-23-22-15(27-17)11-5-7-12(19)8-6-11/h5-8,13H,3-4,9-10H2,1-2H3,(H,21,23,25). The molecule has 2 amide bonds. The summed E-state index contributed by atoms with van der Waals surface area (Å²) >= 11 is 10.6. The maximum Gasteiger partial charge on any atom is 0.249 e. The Labute approximate surface area is 175 Å². The SMILES string of the molecule is CC(C)(CCl)C(=O)N1CCCC1C(=O)Nc1nnc(-c2ccc(Br)cc2)s1. The number of nitrogens with one attached hydrogen (secondary N) is 1. The molecule has 0 radical (unpaired) electrons. The van der Waals surface area contributed by atoms with Crippen molar-refractivity contribution in [1.29, 1.82) is 0 Å². The van der Waals surface area contributed by atoms with Crippen LogP contribution in [0.15, 0.2) is 28.7 Å². The van der Waals surface area contributed by atoms with Gasteiger partial charge in [0.15, 0.2) is 0 Å². The molecule has 0 bridgehead atoms. The Kier molecular flexibility index (Phi) is 6.18. The van der Waals surface area contributed by atoms with Crippen molar-refractivity contribution >= 4 is 55.8 Å². The maximum absolute atomic E-state index is 12.7. The number of nitrogens with zero attached hydrogens (tertiary/aromatic N) is 3. The summed E-state index contributed by atoms with van der Waals surface area (Å²) in [5.74, 6) is -0.114. The van der Waals surface area contributed by atoms with E-state index in [1.54, 1.807) is 18.7 Å². The van der Waals surface area contributed by atoms with Crippen molar-refractivity contribution in [3.05, 3.63) is 28.7 Å². The number of anilines is 1. The average molecular weight is 472 g/mol. The predicted molar refractivity (Wildman–Crippen MR) is 111 cm³/mol. The normalized spacial score (nSPS) is 17.2. The molecular formula is C18H20BrClN4O2S. The zero-order chi connectivity index (χ0) is 19.6. The van der Waals surface area contributed by atoms with Gasteiger partial charge in [-0.1, -0.05) is 39.4 Å². The number of halogens is 2. The van der Waals surface area contributed by atoms with E-state index in [4.69, 9.17) is 11.6 Å². The topological polar surface area (TPSA) is 75.2 Å². The molecule has 0 aliphatic carbocycles. The first-order valence-electron chi connectivity index (χ1n) is 8.59. The molecule has 2 heterocycles. The zero-order valence-electron chi connectivity index (χ0n) is 15.0. The van der Waals surface area contributed by atoms with Gasteiger partial charge in [0.25, 0.3) is 0 Å². The quantitative estimate of drug-likeness (QED) is 0.664. The van der Waals surface area contributed by atoms with Gasteiger partial charge in [0.05, 0.1) is 5.41 Å². The summed E-state index contributed by atoms with van der Waals surface area (Å²) in [6, 6.07) is 7.22. The third kappa shape index (κ3) is 4.50. The highest BCUT2D eigenvalue weighted by atomic mass is 79.9. The molecule has 0 saturated carbocycles. The second kappa shape index (κ2) is 8.24. The summed E-state index contributed by atoms with van der Waals surface area (Å²) in [4.78, 5) is 27.1. The smallest absolute Gasteiger partial charge is 0.249 e. The molecule has 1 aliphatic rings. The molecular weight excluding hydrogens is 452 g/mol. The lowest BCUT2D eigenvalue weighted by molar-refractivity contribution is -0.143. The van der Waals surface area contributed by atoms with Gasteiger partial charge in [-0.15, -0.1) is 21.8 Å². The van der Waals surface area contributed by atoms with E-state index in [2.05, 4.69) is 31.4 Å². The van der Waals surface area contributed by atoms with Crippen LogP contribution in [-0.2, 0) is 9.59 Å². The zero-order valence-corrected chi connectivity index (χ0v) is 18.2. The Bertz CT molecular complexity index is 840. The fourth-order valence-electron chi connectivity index (χ4n) is 2.90. The number of rotatable bonds is 5. The van der Waals surface area contributed by atoms with Crippen LogP contribution in [0.25, 0.3) is 10.6 Å². The van der Waals surface area contributed by atoms with Gasteiger partial charge < -0.3 is 4.90 Å². The van der Waals surface area contributed by atoms with Gasteiger partial charge in [-0.25, -0.2) is 0 Å². The van der Waals surface area contributed by atoms with Crippen LogP contribution in [0.3, 0.4) is 0 Å². The van der Waals surface area contributed by atoms with E-state index in [1.807, 2.05) is 24.3 Å². The van der Waals surface area contributed by atoms with Crippen molar-refractivity contribution in [2.45, 2.75) is 32.7 Å². The number of amides is 2. The van der Waals surface area contributed by atoms with Crippen LogP contribution in [0.5, 0.6) is 0 Å². The van der Waals surface area contributed by atoms with Crippen LogP contribution >= 0.6 is 38.9 Å². The lowest BCUT2D eigenvalue weighted by Crippen LogP contribution is -2.48. The molecule has 1 aliphatic heterocycles. The number of alkyl halides is 1. The van der Waals surface area contributed by atoms with Crippen molar-refractivity contribution in [1.82, 2.24) is 15.1 Å². The van der Waals surface area contributed by atoms with Crippen LogP contribution in [-0.4, -0.2) is 45.4 Å². The Morgan fingerprint density at radius 3 is 2.70 bits per heavy atom. The van der Waals surface area contributed by atoms with Gasteiger partial charge in [-0.05, 0) is 38.8 Å². The van der Waals surface area contributed by atoms with E-state index in [0.717, 1.165) is 21.5 Å². The van der Waals surface area contributed by atoms with Gasteiger partial charge in [0, 0.05) is 22.5 Å². The first-order valence-corrected chi connectivity index (χ1v) is 10.7. The lowest BCUT2D eigenvalue weighted by atomic mass is 9.94. The van der Waals surface area contributed by atoms with Gasteiger partial charge >= 0.3 is 0 Å². The monoisotopic (exact) mass is 470 g/mol. The molecule has 9 heteroatoms. The van der Waals surface area contributed by atoms with E-state index in [0.29, 0.717) is 18.1 Å². The third-order valence-corrected chi connectivity index (χ3v) is 6.56. The molecule has 1 saturated heterocycles. The number of aromatic nitrogens is 2.